The molecule has 1 fully saturated rings. The van der Waals surface area contributed by atoms with Crippen LogP contribution in [-0.4, -0.2) is 86.3 Å². The number of carbonyl (C=O) groups is 4. The lowest BCUT2D eigenvalue weighted by Crippen LogP contribution is -2.45. The van der Waals surface area contributed by atoms with E-state index < -0.39 is 35.8 Å². The zero-order chi connectivity index (χ0) is 25.1. The molecule has 190 valence electrons. The van der Waals surface area contributed by atoms with Crippen molar-refractivity contribution in [3.63, 3.8) is 0 Å². The van der Waals surface area contributed by atoms with Gasteiger partial charge in [-0.15, -0.1) is 0 Å². The number of nitrogens with one attached hydrogen (secondary N) is 2. The molecule has 10 nitrogen and oxygen atoms in total. The fourth-order valence-electron chi connectivity index (χ4n) is 3.34. The van der Waals surface area contributed by atoms with E-state index in [9.17, 15) is 19.2 Å². The molecule has 1 aliphatic heterocycles. The van der Waals surface area contributed by atoms with Gasteiger partial charge >= 0.3 is 11.9 Å². The van der Waals surface area contributed by atoms with E-state index in [0.29, 0.717) is 31.1 Å². The van der Waals surface area contributed by atoms with Crippen molar-refractivity contribution in [2.75, 3.05) is 50.4 Å². The van der Waals surface area contributed by atoms with E-state index in [2.05, 4.69) is 10.6 Å². The Morgan fingerprint density at radius 3 is 1.59 bits per heavy atom. The Morgan fingerprint density at radius 2 is 1.24 bits per heavy atom. The van der Waals surface area contributed by atoms with Crippen molar-refractivity contribution >= 4 is 47.3 Å². The van der Waals surface area contributed by atoms with Gasteiger partial charge in [0, 0.05) is 24.3 Å². The minimum atomic E-state index is -0.849. The van der Waals surface area contributed by atoms with Crippen molar-refractivity contribution in [3.8, 4) is 0 Å². The first-order valence-corrected chi connectivity index (χ1v) is 13.8. The van der Waals surface area contributed by atoms with Crippen LogP contribution < -0.4 is 10.6 Å². The molecule has 1 heterocycles. The highest BCUT2D eigenvalue weighted by molar-refractivity contribution is 7.98. The van der Waals surface area contributed by atoms with Crippen molar-refractivity contribution in [2.24, 2.45) is 0 Å². The summed E-state index contributed by atoms with van der Waals surface area (Å²) in [6.45, 7) is 4.39. The molecule has 1 saturated heterocycles. The quantitative estimate of drug-likeness (QED) is 0.365. The highest BCUT2D eigenvalue weighted by Crippen LogP contribution is 2.36. The third-order valence-corrected chi connectivity index (χ3v) is 6.19. The van der Waals surface area contributed by atoms with Crippen LogP contribution in [-0.2, 0) is 38.1 Å². The van der Waals surface area contributed by atoms with E-state index in [0.717, 1.165) is 0 Å². The van der Waals surface area contributed by atoms with Gasteiger partial charge in [-0.25, -0.2) is 9.59 Å². The molecule has 0 aromatic rings. The third-order valence-electron chi connectivity index (χ3n) is 4.86. The Morgan fingerprint density at radius 1 is 0.824 bits per heavy atom. The first-order chi connectivity index (χ1) is 16.4. The summed E-state index contributed by atoms with van der Waals surface area (Å²) in [5.41, 5.74) is 0.380. The second kappa shape index (κ2) is 14.1. The molecule has 0 aromatic heterocycles. The van der Waals surface area contributed by atoms with E-state index in [1.54, 1.807) is 13.8 Å². The molecule has 0 saturated carbocycles. The van der Waals surface area contributed by atoms with Crippen molar-refractivity contribution in [2.45, 2.75) is 38.8 Å². The third kappa shape index (κ3) is 7.33. The van der Waals surface area contributed by atoms with Gasteiger partial charge in [-0.05, 0) is 26.4 Å². The number of ether oxygens (including phenoxy) is 4. The zero-order valence-electron chi connectivity index (χ0n) is 19.9. The lowest BCUT2D eigenvalue weighted by molar-refractivity contribution is -0.146. The highest BCUT2D eigenvalue weighted by atomic mass is 32.2. The van der Waals surface area contributed by atoms with E-state index in [4.69, 9.17) is 18.9 Å². The lowest BCUT2D eigenvalue weighted by atomic mass is 10.1. The number of hydrogen-bond acceptors (Lipinski definition) is 10. The van der Waals surface area contributed by atoms with Crippen LogP contribution in [0.4, 0.5) is 0 Å². The van der Waals surface area contributed by atoms with Crippen LogP contribution in [0.5, 0.6) is 0 Å². The fourth-order valence-corrected chi connectivity index (χ4v) is 4.44. The first-order valence-electron chi connectivity index (χ1n) is 11.0. The minimum Gasteiger partial charge on any atom is -0.489 e. The monoisotopic (exact) mass is 516 g/mol. The highest BCUT2D eigenvalue weighted by Gasteiger charge is 2.38. The second-order valence-corrected chi connectivity index (χ2v) is 9.13. The average molecular weight is 517 g/mol. The predicted octanol–water partition coefficient (Wildman–Crippen LogP) is 1.16. The molecule has 0 aromatic carbocycles. The van der Waals surface area contributed by atoms with Crippen LogP contribution in [0.3, 0.4) is 0 Å². The van der Waals surface area contributed by atoms with Crippen molar-refractivity contribution in [3.05, 3.63) is 22.7 Å². The van der Waals surface area contributed by atoms with Crippen LogP contribution in [0.1, 0.15) is 26.7 Å². The number of hydrogen-bond donors (Lipinski definition) is 2. The summed E-state index contributed by atoms with van der Waals surface area (Å²) in [5, 5.41) is 5.38. The van der Waals surface area contributed by atoms with Gasteiger partial charge in [0.05, 0.1) is 37.6 Å². The average Bonchev–Trinajstić information content (AvgIpc) is 3.00. The largest absolute Gasteiger partial charge is 0.489 e. The van der Waals surface area contributed by atoms with E-state index in [-0.39, 0.29) is 42.3 Å². The molecule has 0 spiro atoms. The number of esters is 2. The Balaban J connectivity index is 2.25. The standard InChI is InChI=1S/C22H32N2O8S2/c1-5-29-21(27)15(11-33-3)23-19(25)13-10-14(18-17(13)31-8-7-9-32-18)20(26)24-16(12-34-4)22(28)30-6-2/h15-16H,5-12H2,1-4H3,(H,23,25)(H,24,26). The normalized spacial score (nSPS) is 16.9. The molecule has 0 bridgehead atoms. The van der Waals surface area contributed by atoms with Gasteiger partial charge in [0.15, 0.2) is 11.5 Å². The Hall–Kier alpha value is -2.34. The summed E-state index contributed by atoms with van der Waals surface area (Å²) >= 11 is 2.78. The van der Waals surface area contributed by atoms with Crippen molar-refractivity contribution in [1.82, 2.24) is 10.6 Å². The summed E-state index contributed by atoms with van der Waals surface area (Å²) in [5.74, 6) is -1.13. The molecule has 34 heavy (non-hydrogen) atoms. The summed E-state index contributed by atoms with van der Waals surface area (Å²) in [6.07, 6.45) is 4.14. The first kappa shape index (κ1) is 27.9. The summed E-state index contributed by atoms with van der Waals surface area (Å²) in [6, 6.07) is -1.70. The smallest absolute Gasteiger partial charge is 0.329 e. The predicted molar refractivity (Wildman–Crippen MR) is 129 cm³/mol. The lowest BCUT2D eigenvalue weighted by Gasteiger charge is -2.18. The summed E-state index contributed by atoms with van der Waals surface area (Å²) in [7, 11) is 0. The second-order valence-electron chi connectivity index (χ2n) is 7.31. The number of amides is 2. The SMILES string of the molecule is CCOC(=O)C(CSC)NC(=O)C1=C2OCCCOC2=C(C(=O)NC(CSC)C(=O)OCC)C1. The Kier molecular flexibility index (Phi) is 11.6. The van der Waals surface area contributed by atoms with Gasteiger partial charge in [0.2, 0.25) is 0 Å². The summed E-state index contributed by atoms with van der Waals surface area (Å²) < 4.78 is 21.6. The maximum absolute atomic E-state index is 13.1. The molecule has 2 rings (SSSR count). The molecule has 2 atom stereocenters. The van der Waals surface area contributed by atoms with E-state index in [1.807, 2.05) is 12.5 Å². The number of rotatable bonds is 12. The van der Waals surface area contributed by atoms with Crippen LogP contribution >= 0.6 is 23.5 Å². The number of fused-ring (bicyclic) bond motifs is 1. The molecule has 0 radical (unpaired) electrons. The molecule has 1 aliphatic carbocycles. The fraction of sp³-hybridized carbons (Fsp3) is 0.636. The van der Waals surface area contributed by atoms with Gasteiger partial charge in [-0.3, -0.25) is 9.59 Å². The van der Waals surface area contributed by atoms with Crippen LogP contribution in [0.2, 0.25) is 0 Å². The maximum Gasteiger partial charge on any atom is 0.329 e. The van der Waals surface area contributed by atoms with Crippen molar-refractivity contribution in [1.29, 1.82) is 0 Å². The number of carbonyl (C=O) groups excluding carboxylic acids is 4. The van der Waals surface area contributed by atoms with Crippen LogP contribution in [0.15, 0.2) is 22.7 Å². The number of thioether (sulfide) groups is 2. The molecular weight excluding hydrogens is 484 g/mol. The van der Waals surface area contributed by atoms with Gasteiger partial charge in [-0.2, -0.15) is 23.5 Å². The molecule has 2 amide bonds. The van der Waals surface area contributed by atoms with Crippen LogP contribution in [0, 0.1) is 0 Å². The van der Waals surface area contributed by atoms with E-state index in [1.165, 1.54) is 23.5 Å². The zero-order valence-corrected chi connectivity index (χ0v) is 21.5. The van der Waals surface area contributed by atoms with Gasteiger partial charge < -0.3 is 29.6 Å². The van der Waals surface area contributed by atoms with Gasteiger partial charge in [0.25, 0.3) is 11.8 Å². The van der Waals surface area contributed by atoms with Crippen molar-refractivity contribution < 1.29 is 38.1 Å². The van der Waals surface area contributed by atoms with Gasteiger partial charge in [0.1, 0.15) is 12.1 Å². The molecular formula is C22H32N2O8S2. The summed E-state index contributed by atoms with van der Waals surface area (Å²) in [4.78, 5) is 50.8. The minimum absolute atomic E-state index is 0.0635. The van der Waals surface area contributed by atoms with Crippen LogP contribution in [0.25, 0.3) is 0 Å². The molecule has 2 N–H and O–H groups in total. The van der Waals surface area contributed by atoms with Gasteiger partial charge in [-0.1, -0.05) is 0 Å². The Bertz CT molecular complexity index is 777. The van der Waals surface area contributed by atoms with E-state index >= 15 is 0 Å². The molecule has 2 aliphatic rings. The maximum atomic E-state index is 13.1. The molecule has 2 unspecified atom stereocenters. The molecule has 12 heteroatoms. The topological polar surface area (TPSA) is 129 Å². The Labute approximate surface area is 207 Å².